The average molecular weight is 568 g/mol. The van der Waals surface area contributed by atoms with Gasteiger partial charge in [0.2, 0.25) is 0 Å². The van der Waals surface area contributed by atoms with Crippen LogP contribution in [0.3, 0.4) is 0 Å². The fraction of sp³-hybridized carbons (Fsp3) is 0.0667. The maximum absolute atomic E-state index is 13.8. The van der Waals surface area contributed by atoms with E-state index in [-0.39, 0.29) is 17.0 Å². The van der Waals surface area contributed by atoms with Crippen molar-refractivity contribution in [3.05, 3.63) is 131 Å². The molecule has 1 unspecified atom stereocenters. The highest BCUT2D eigenvalue weighted by molar-refractivity contribution is 7.10. The Morgan fingerprint density at radius 3 is 2.50 bits per heavy atom. The molecule has 1 atom stereocenters. The molecule has 0 bridgehead atoms. The molecule has 10 heteroatoms. The van der Waals surface area contributed by atoms with Gasteiger partial charge in [-0.1, -0.05) is 47.7 Å². The molecule has 3 aromatic heterocycles. The van der Waals surface area contributed by atoms with E-state index in [4.69, 9.17) is 9.52 Å². The number of anilines is 1. The zero-order chi connectivity index (χ0) is 27.8. The van der Waals surface area contributed by atoms with E-state index >= 15 is 0 Å². The zero-order valence-electron chi connectivity index (χ0n) is 21.0. The number of hydrogen-bond donors (Lipinski definition) is 2. The van der Waals surface area contributed by atoms with Crippen LogP contribution in [0.25, 0.3) is 17.4 Å². The van der Waals surface area contributed by atoms with Crippen molar-refractivity contribution in [1.82, 2.24) is 4.57 Å². The highest BCUT2D eigenvalue weighted by Gasteiger charge is 2.33. The number of thiophene rings is 1. The lowest BCUT2D eigenvalue weighted by Crippen LogP contribution is -2.40. The number of nitrogens with one attached hydrogen (secondary N) is 1. The Morgan fingerprint density at radius 1 is 1.02 bits per heavy atom. The molecule has 0 radical (unpaired) electrons. The van der Waals surface area contributed by atoms with Crippen LogP contribution >= 0.6 is 22.7 Å². The minimum Gasteiger partial charge on any atom is -0.478 e. The van der Waals surface area contributed by atoms with Gasteiger partial charge in [0.1, 0.15) is 17.6 Å². The highest BCUT2D eigenvalue weighted by Crippen LogP contribution is 2.33. The van der Waals surface area contributed by atoms with Crippen LogP contribution < -0.4 is 20.2 Å². The van der Waals surface area contributed by atoms with Gasteiger partial charge in [0.05, 0.1) is 21.4 Å². The third-order valence-electron chi connectivity index (χ3n) is 6.43. The predicted octanol–water partition coefficient (Wildman–Crippen LogP) is 4.89. The molecule has 5 aromatic rings. The largest absolute Gasteiger partial charge is 0.478 e. The molecule has 0 saturated carbocycles. The second-order valence-electron chi connectivity index (χ2n) is 9.00. The Bertz CT molecular complexity index is 1950. The maximum atomic E-state index is 13.8. The Morgan fingerprint density at radius 2 is 1.80 bits per heavy atom. The number of allylic oxidation sites excluding steroid dienone is 1. The summed E-state index contributed by atoms with van der Waals surface area (Å²) < 4.78 is 7.95. The van der Waals surface area contributed by atoms with E-state index in [1.165, 1.54) is 34.8 Å². The number of benzene rings is 2. The number of carbonyl (C=O) groups excluding carboxylic acids is 1. The summed E-state index contributed by atoms with van der Waals surface area (Å²) in [5.41, 5.74) is 2.24. The smallest absolute Gasteiger partial charge is 0.335 e. The number of carbonyl (C=O) groups is 2. The molecule has 2 N–H and O–H groups in total. The van der Waals surface area contributed by atoms with Crippen molar-refractivity contribution in [3.63, 3.8) is 0 Å². The third kappa shape index (κ3) is 4.74. The molecule has 1 aliphatic rings. The SMILES string of the molecule is CC1=C(C(=O)Nc2ccccc2)C(c2cccs2)n2c(s/c(=C\c3ccc(-c4ccc(C(=O)O)cc4)o3)c2=O)=N1. The first kappa shape index (κ1) is 25.5. The molecule has 8 nitrogen and oxygen atoms in total. The summed E-state index contributed by atoms with van der Waals surface area (Å²) in [7, 11) is 0. The number of fused-ring (bicyclic) bond motifs is 1. The molecule has 2 aromatic carbocycles. The van der Waals surface area contributed by atoms with Gasteiger partial charge in [-0.05, 0) is 54.8 Å². The van der Waals surface area contributed by atoms with Crippen LogP contribution in [0.15, 0.2) is 110 Å². The first-order valence-corrected chi connectivity index (χ1v) is 13.9. The fourth-order valence-corrected chi connectivity index (χ4v) is 6.39. The number of aromatic carboxylic acids is 1. The third-order valence-corrected chi connectivity index (χ3v) is 8.33. The van der Waals surface area contributed by atoms with Crippen LogP contribution in [0.2, 0.25) is 0 Å². The normalized spacial score (nSPS) is 15.0. The Kier molecular flexibility index (Phi) is 6.63. The van der Waals surface area contributed by atoms with Crippen molar-refractivity contribution in [2.24, 2.45) is 4.99 Å². The topological polar surface area (TPSA) is 114 Å². The van der Waals surface area contributed by atoms with Crippen LogP contribution in [-0.4, -0.2) is 21.6 Å². The van der Waals surface area contributed by atoms with Crippen LogP contribution in [0, 0.1) is 0 Å². The number of nitrogens with zero attached hydrogens (tertiary/aromatic N) is 2. The molecule has 0 spiro atoms. The second kappa shape index (κ2) is 10.4. The number of rotatable bonds is 6. The van der Waals surface area contributed by atoms with E-state index in [0.717, 1.165) is 4.88 Å². The van der Waals surface area contributed by atoms with Gasteiger partial charge < -0.3 is 14.8 Å². The van der Waals surface area contributed by atoms with Crippen molar-refractivity contribution in [1.29, 1.82) is 0 Å². The van der Waals surface area contributed by atoms with E-state index < -0.39 is 12.0 Å². The van der Waals surface area contributed by atoms with Gasteiger partial charge in [-0.2, -0.15) is 0 Å². The predicted molar refractivity (Wildman–Crippen MR) is 154 cm³/mol. The summed E-state index contributed by atoms with van der Waals surface area (Å²) in [6.45, 7) is 1.78. The number of hydrogen-bond acceptors (Lipinski definition) is 7. The molecule has 0 saturated heterocycles. The van der Waals surface area contributed by atoms with E-state index in [2.05, 4.69) is 10.3 Å². The van der Waals surface area contributed by atoms with Gasteiger partial charge in [-0.25, -0.2) is 9.79 Å². The number of para-hydroxylation sites is 1. The van der Waals surface area contributed by atoms with Gasteiger partial charge >= 0.3 is 5.97 Å². The highest BCUT2D eigenvalue weighted by atomic mass is 32.1. The van der Waals surface area contributed by atoms with Crippen LogP contribution in [-0.2, 0) is 4.79 Å². The molecular formula is C30H21N3O5S2. The zero-order valence-corrected chi connectivity index (χ0v) is 22.7. The summed E-state index contributed by atoms with van der Waals surface area (Å²) >= 11 is 2.70. The Hall–Kier alpha value is -4.80. The number of aromatic nitrogens is 1. The van der Waals surface area contributed by atoms with Crippen molar-refractivity contribution in [3.8, 4) is 11.3 Å². The first-order valence-electron chi connectivity index (χ1n) is 12.2. The molecule has 4 heterocycles. The van der Waals surface area contributed by atoms with Gasteiger partial charge in [0.25, 0.3) is 11.5 Å². The van der Waals surface area contributed by atoms with Crippen LogP contribution in [0.5, 0.6) is 0 Å². The molecular weight excluding hydrogens is 546 g/mol. The molecule has 1 aliphatic heterocycles. The molecule has 1 amide bonds. The lowest BCUT2D eigenvalue weighted by atomic mass is 10.0. The lowest BCUT2D eigenvalue weighted by Gasteiger charge is -2.24. The number of furan rings is 1. The van der Waals surface area contributed by atoms with Crippen molar-refractivity contribution < 1.29 is 19.1 Å². The van der Waals surface area contributed by atoms with Gasteiger partial charge in [0.15, 0.2) is 4.80 Å². The van der Waals surface area contributed by atoms with E-state index in [1.807, 2.05) is 35.7 Å². The van der Waals surface area contributed by atoms with Gasteiger partial charge in [0, 0.05) is 22.2 Å². The van der Waals surface area contributed by atoms with Crippen molar-refractivity contribution in [2.75, 3.05) is 5.32 Å². The number of carboxylic acid groups (broad SMARTS) is 1. The summed E-state index contributed by atoms with van der Waals surface area (Å²) in [5.74, 6) is -0.306. The Labute approximate surface area is 235 Å². The molecule has 0 aliphatic carbocycles. The Balaban J connectivity index is 1.39. The summed E-state index contributed by atoms with van der Waals surface area (Å²) in [4.78, 5) is 44.4. The first-order chi connectivity index (χ1) is 19.4. The second-order valence-corrected chi connectivity index (χ2v) is 11.0. The molecule has 40 heavy (non-hydrogen) atoms. The number of carboxylic acids is 1. The van der Waals surface area contributed by atoms with E-state index in [9.17, 15) is 14.4 Å². The number of amides is 1. The summed E-state index contributed by atoms with van der Waals surface area (Å²) in [5, 5.41) is 14.0. The van der Waals surface area contributed by atoms with Crippen molar-refractivity contribution >= 4 is 46.3 Å². The van der Waals surface area contributed by atoms with Gasteiger partial charge in [-0.15, -0.1) is 11.3 Å². The maximum Gasteiger partial charge on any atom is 0.335 e. The van der Waals surface area contributed by atoms with Crippen LogP contribution in [0.4, 0.5) is 5.69 Å². The van der Waals surface area contributed by atoms with E-state index in [0.29, 0.717) is 43.4 Å². The van der Waals surface area contributed by atoms with Crippen molar-refractivity contribution in [2.45, 2.75) is 13.0 Å². The minimum absolute atomic E-state index is 0.184. The average Bonchev–Trinajstić information content (AvgIpc) is 3.71. The van der Waals surface area contributed by atoms with Gasteiger partial charge in [-0.3, -0.25) is 14.2 Å². The summed E-state index contributed by atoms with van der Waals surface area (Å²) in [6.07, 6.45) is 1.66. The standard InChI is InChI=1S/C30H21N3O5S2/c1-17-25(27(34)32-20-6-3-2-4-7-20)26(23-8-5-15-39-23)33-28(35)24(40-30(33)31-17)16-21-13-14-22(38-21)18-9-11-19(12-10-18)29(36)37/h2-16,26H,1H3,(H,32,34)(H,36,37)/b24-16-. The molecule has 6 rings (SSSR count). The van der Waals surface area contributed by atoms with E-state index in [1.54, 1.807) is 54.0 Å². The quantitative estimate of drug-likeness (QED) is 0.303. The molecule has 198 valence electrons. The lowest BCUT2D eigenvalue weighted by molar-refractivity contribution is -0.113. The minimum atomic E-state index is -1.00. The monoisotopic (exact) mass is 567 g/mol. The summed E-state index contributed by atoms with van der Waals surface area (Å²) in [6, 6.07) is 22.2. The van der Waals surface area contributed by atoms with Crippen LogP contribution in [0.1, 0.15) is 34.0 Å². The molecule has 0 fully saturated rings. The number of thiazole rings is 1. The fourth-order valence-electron chi connectivity index (χ4n) is 4.54.